The maximum Gasteiger partial charge on any atom is 0.344 e. The van der Waals surface area contributed by atoms with Gasteiger partial charge in [0.2, 0.25) is 5.91 Å². The number of nitrogens with zero attached hydrogens (tertiary/aromatic N) is 2. The van der Waals surface area contributed by atoms with Crippen LogP contribution in [-0.4, -0.2) is 39.3 Å². The molecule has 2 fully saturated rings. The summed E-state index contributed by atoms with van der Waals surface area (Å²) < 4.78 is 5.11. The minimum absolute atomic E-state index is 0.141. The van der Waals surface area contributed by atoms with Crippen LogP contribution in [0.5, 0.6) is 0 Å². The van der Waals surface area contributed by atoms with Crippen LogP contribution in [0.3, 0.4) is 0 Å². The number of rotatable bonds is 5. The van der Waals surface area contributed by atoms with Crippen LogP contribution < -0.4 is 16.1 Å². The number of imide groups is 1. The summed E-state index contributed by atoms with van der Waals surface area (Å²) in [5.41, 5.74) is 2.28. The highest BCUT2D eigenvalue weighted by Crippen LogP contribution is 2.35. The minimum Gasteiger partial charge on any atom is -0.469 e. The van der Waals surface area contributed by atoms with Crippen molar-refractivity contribution >= 4 is 40.2 Å². The van der Waals surface area contributed by atoms with Crippen molar-refractivity contribution < 1.29 is 23.6 Å². The van der Waals surface area contributed by atoms with E-state index in [2.05, 4.69) is 28.0 Å². The van der Waals surface area contributed by atoms with Crippen molar-refractivity contribution in [2.45, 2.75) is 51.5 Å². The molecule has 164 valence electrons. The van der Waals surface area contributed by atoms with Gasteiger partial charge in [-0.25, -0.2) is 9.78 Å². The van der Waals surface area contributed by atoms with Crippen molar-refractivity contribution in [2.75, 3.05) is 5.32 Å². The summed E-state index contributed by atoms with van der Waals surface area (Å²) in [6.07, 6.45) is 4.11. The number of hydrazine groups is 1. The number of aromatic nitrogens is 1. The molecule has 11 heteroatoms. The summed E-state index contributed by atoms with van der Waals surface area (Å²) in [4.78, 5) is 54.0. The number of anilines is 1. The molecule has 1 spiro atoms. The van der Waals surface area contributed by atoms with Gasteiger partial charge in [-0.05, 0) is 44.6 Å². The number of nitrogens with one attached hydrogen (secondary N) is 3. The molecule has 2 aliphatic rings. The van der Waals surface area contributed by atoms with Gasteiger partial charge in [0.25, 0.3) is 11.8 Å². The first kappa shape index (κ1) is 21.0. The predicted molar refractivity (Wildman–Crippen MR) is 111 cm³/mol. The zero-order valence-corrected chi connectivity index (χ0v) is 18.0. The lowest BCUT2D eigenvalue weighted by Gasteiger charge is -2.33. The minimum atomic E-state index is -0.916. The molecule has 1 saturated heterocycles. The van der Waals surface area contributed by atoms with Crippen LogP contribution >= 0.6 is 11.3 Å². The Hall–Kier alpha value is -3.21. The molecule has 1 aliphatic carbocycles. The second-order valence-electron chi connectivity index (χ2n) is 8.04. The molecule has 3 N–H and O–H groups in total. The molecule has 0 aromatic carbocycles. The van der Waals surface area contributed by atoms with Gasteiger partial charge >= 0.3 is 6.03 Å². The Morgan fingerprint density at radius 1 is 1.35 bits per heavy atom. The molecule has 4 rings (SSSR count). The third kappa shape index (κ3) is 4.18. The zero-order valence-electron chi connectivity index (χ0n) is 17.2. The van der Waals surface area contributed by atoms with Gasteiger partial charge in [-0.3, -0.25) is 25.1 Å². The molecule has 1 saturated carbocycles. The van der Waals surface area contributed by atoms with Crippen LogP contribution in [0.2, 0.25) is 0 Å². The van der Waals surface area contributed by atoms with Gasteiger partial charge in [0, 0.05) is 5.38 Å². The number of thiazole rings is 1. The number of carbonyl (C=O) groups is 4. The van der Waals surface area contributed by atoms with E-state index in [-0.39, 0.29) is 12.3 Å². The van der Waals surface area contributed by atoms with E-state index in [1.165, 1.54) is 17.6 Å². The molecule has 10 nitrogen and oxygen atoms in total. The summed E-state index contributed by atoms with van der Waals surface area (Å²) >= 11 is 1.17. The third-order valence-electron chi connectivity index (χ3n) is 5.74. The second kappa shape index (κ2) is 8.14. The summed E-state index contributed by atoms with van der Waals surface area (Å²) in [6, 6.07) is 0.944. The van der Waals surface area contributed by atoms with Crippen LogP contribution in [-0.2, 0) is 16.0 Å². The number of hydrogen-bond acceptors (Lipinski definition) is 7. The number of amides is 5. The molecule has 0 radical (unpaired) electrons. The van der Waals surface area contributed by atoms with Crippen molar-refractivity contribution in [3.63, 3.8) is 0 Å². The Labute approximate surface area is 182 Å². The molecular weight excluding hydrogens is 422 g/mol. The Morgan fingerprint density at radius 3 is 2.77 bits per heavy atom. The molecule has 5 amide bonds. The monoisotopic (exact) mass is 445 g/mol. The molecular formula is C20H23N5O5S. The van der Waals surface area contributed by atoms with E-state index >= 15 is 0 Å². The fourth-order valence-corrected chi connectivity index (χ4v) is 4.58. The number of hydrogen-bond donors (Lipinski definition) is 3. The maximum absolute atomic E-state index is 12.8. The first-order valence-electron chi connectivity index (χ1n) is 10.0. The SMILES string of the molecule is Cc1occc1C(=O)Nc1nc(CC(=O)NN2C(=O)NC3(CCC(C)CC3)C2=O)cs1. The molecule has 31 heavy (non-hydrogen) atoms. The van der Waals surface area contributed by atoms with E-state index < -0.39 is 23.4 Å². The van der Waals surface area contributed by atoms with Crippen LogP contribution in [0.15, 0.2) is 22.1 Å². The molecule has 0 atom stereocenters. The van der Waals surface area contributed by atoms with Gasteiger partial charge < -0.3 is 9.73 Å². The predicted octanol–water partition coefficient (Wildman–Crippen LogP) is 2.37. The van der Waals surface area contributed by atoms with E-state index in [4.69, 9.17) is 4.42 Å². The Bertz CT molecular complexity index is 1040. The van der Waals surface area contributed by atoms with Crippen LogP contribution in [0.4, 0.5) is 9.93 Å². The van der Waals surface area contributed by atoms with Crippen molar-refractivity contribution in [1.29, 1.82) is 0 Å². The van der Waals surface area contributed by atoms with E-state index in [1.807, 2.05) is 0 Å². The molecule has 1 aliphatic heterocycles. The Kier molecular flexibility index (Phi) is 5.52. The highest BCUT2D eigenvalue weighted by Gasteiger charge is 2.52. The first-order valence-corrected chi connectivity index (χ1v) is 10.9. The standard InChI is InChI=1S/C20H23N5O5S/c1-11-3-6-20(7-4-11)17(28)25(19(29)23-20)24-15(26)9-13-10-31-18(21-13)22-16(27)14-5-8-30-12(14)2/h5,8,10-11H,3-4,6-7,9H2,1-2H3,(H,23,29)(H,24,26)(H,21,22,27). The van der Waals surface area contributed by atoms with E-state index in [0.29, 0.717) is 40.9 Å². The van der Waals surface area contributed by atoms with E-state index in [0.717, 1.165) is 17.9 Å². The highest BCUT2D eigenvalue weighted by atomic mass is 32.1. The van der Waals surface area contributed by atoms with Gasteiger partial charge in [-0.1, -0.05) is 6.92 Å². The largest absolute Gasteiger partial charge is 0.469 e. The van der Waals surface area contributed by atoms with Gasteiger partial charge in [-0.2, -0.15) is 5.01 Å². The fourth-order valence-electron chi connectivity index (χ4n) is 3.87. The quantitative estimate of drug-likeness (QED) is 0.605. The Balaban J connectivity index is 1.34. The lowest BCUT2D eigenvalue weighted by atomic mass is 9.77. The van der Waals surface area contributed by atoms with Gasteiger partial charge in [0.15, 0.2) is 5.13 Å². The van der Waals surface area contributed by atoms with Crippen molar-refractivity contribution in [3.8, 4) is 0 Å². The van der Waals surface area contributed by atoms with Gasteiger partial charge in [0.05, 0.1) is 23.9 Å². The normalized spacial score (nSPS) is 23.2. The number of carbonyl (C=O) groups excluding carboxylic acids is 4. The number of furan rings is 1. The smallest absolute Gasteiger partial charge is 0.344 e. The van der Waals surface area contributed by atoms with Crippen molar-refractivity contribution in [2.24, 2.45) is 5.92 Å². The summed E-state index contributed by atoms with van der Waals surface area (Å²) in [7, 11) is 0. The summed E-state index contributed by atoms with van der Waals surface area (Å²) in [5.74, 6) is -0.316. The highest BCUT2D eigenvalue weighted by molar-refractivity contribution is 7.14. The molecule has 0 bridgehead atoms. The van der Waals surface area contributed by atoms with Gasteiger partial charge in [-0.15, -0.1) is 11.3 Å². The molecule has 2 aromatic heterocycles. The van der Waals surface area contributed by atoms with Crippen LogP contribution in [0.25, 0.3) is 0 Å². The lowest BCUT2D eigenvalue weighted by molar-refractivity contribution is -0.139. The first-order chi connectivity index (χ1) is 14.8. The summed E-state index contributed by atoms with van der Waals surface area (Å²) in [5, 5.41) is 8.15. The second-order valence-corrected chi connectivity index (χ2v) is 8.89. The summed E-state index contributed by atoms with van der Waals surface area (Å²) in [6.45, 7) is 3.80. The van der Waals surface area contributed by atoms with Crippen molar-refractivity contribution in [1.82, 2.24) is 20.7 Å². The zero-order chi connectivity index (χ0) is 22.2. The van der Waals surface area contributed by atoms with Gasteiger partial charge in [0.1, 0.15) is 11.3 Å². The number of aryl methyl sites for hydroxylation is 1. The maximum atomic E-state index is 12.8. The lowest BCUT2D eigenvalue weighted by Crippen LogP contribution is -2.51. The fraction of sp³-hybridized carbons (Fsp3) is 0.450. The van der Waals surface area contributed by atoms with Crippen molar-refractivity contribution in [3.05, 3.63) is 34.7 Å². The molecule has 2 aromatic rings. The Morgan fingerprint density at radius 2 is 2.10 bits per heavy atom. The molecule has 0 unspecified atom stereocenters. The average Bonchev–Trinajstić information content (AvgIpc) is 3.40. The van der Waals surface area contributed by atoms with E-state index in [9.17, 15) is 19.2 Å². The van der Waals surface area contributed by atoms with E-state index in [1.54, 1.807) is 18.4 Å². The average molecular weight is 446 g/mol. The topological polar surface area (TPSA) is 134 Å². The third-order valence-corrected chi connectivity index (χ3v) is 6.55. The van der Waals surface area contributed by atoms with Crippen LogP contribution in [0.1, 0.15) is 54.4 Å². The van der Waals surface area contributed by atoms with Crippen LogP contribution in [0, 0.1) is 12.8 Å². The molecule has 3 heterocycles. The number of urea groups is 1.